The van der Waals surface area contributed by atoms with Crippen LogP contribution >= 0.6 is 18.7 Å². The average molecular weight is 852 g/mol. The highest BCUT2D eigenvalue weighted by Gasteiger charge is 2.65. The molecule has 0 spiro atoms. The summed E-state index contributed by atoms with van der Waals surface area (Å²) in [5.41, 5.74) is 6.56. The number of anilines is 1. The fraction of sp³-hybridized carbons (Fsp3) is 0.581. The van der Waals surface area contributed by atoms with Crippen molar-refractivity contribution in [1.29, 1.82) is 0 Å². The van der Waals surface area contributed by atoms with E-state index in [-0.39, 0.29) is 62.5 Å². The first-order valence-electron chi connectivity index (χ1n) is 20.4. The van der Waals surface area contributed by atoms with Crippen LogP contribution in [0.2, 0.25) is 0 Å². The summed E-state index contributed by atoms with van der Waals surface area (Å²) in [5.74, 6) is -2.05. The number of nitrogens with one attached hydrogen (secondary N) is 1. The minimum absolute atomic E-state index is 0.117. The molecule has 2 saturated carbocycles. The molecule has 2 aliphatic carbocycles. The maximum absolute atomic E-state index is 14.8. The van der Waals surface area contributed by atoms with Gasteiger partial charge < -0.3 is 35.1 Å². The molecule has 2 unspecified atom stereocenters. The van der Waals surface area contributed by atoms with Crippen LogP contribution in [0.4, 0.5) is 5.13 Å². The molecule has 4 N–H and O–H groups in total. The van der Waals surface area contributed by atoms with Gasteiger partial charge >= 0.3 is 5.97 Å². The van der Waals surface area contributed by atoms with Crippen molar-refractivity contribution in [3.05, 3.63) is 42.3 Å². The molecule has 16 heteroatoms. The monoisotopic (exact) mass is 851 g/mol. The van der Waals surface area contributed by atoms with E-state index in [1.54, 1.807) is 18.1 Å². The molecule has 320 valence electrons. The van der Waals surface area contributed by atoms with Crippen molar-refractivity contribution >= 4 is 58.3 Å². The van der Waals surface area contributed by atoms with E-state index in [2.05, 4.69) is 11.9 Å². The largest absolute Gasteiger partial charge is 0.497 e. The van der Waals surface area contributed by atoms with Gasteiger partial charge in [-0.2, -0.15) is 0 Å². The lowest BCUT2D eigenvalue weighted by atomic mass is 9.77. The third-order valence-corrected chi connectivity index (χ3v) is 15.4. The number of carbonyl (C=O) groups excluding carboxylic acids is 4. The summed E-state index contributed by atoms with van der Waals surface area (Å²) >= 11 is 1.47. The maximum Gasteiger partial charge on any atom is 0.306 e. The molecular weight excluding hydrogens is 794 g/mol. The Kier molecular flexibility index (Phi) is 13.3. The number of nitrogens with zero attached hydrogens (tertiary/aromatic N) is 3. The molecule has 3 aromatic rings. The molecule has 6 atom stereocenters. The number of amides is 2. The van der Waals surface area contributed by atoms with Crippen molar-refractivity contribution in [1.82, 2.24) is 14.9 Å². The van der Waals surface area contributed by atoms with E-state index in [0.717, 1.165) is 30.8 Å². The van der Waals surface area contributed by atoms with Gasteiger partial charge in [-0.15, -0.1) is 17.9 Å². The van der Waals surface area contributed by atoms with Crippen molar-refractivity contribution in [3.8, 4) is 22.9 Å². The Morgan fingerprint density at radius 2 is 1.86 bits per heavy atom. The average Bonchev–Trinajstić information content (AvgIpc) is 3.52. The number of carbonyl (C=O) groups is 4. The summed E-state index contributed by atoms with van der Waals surface area (Å²) in [5, 5.41) is 5.37. The molecule has 3 heterocycles. The molecule has 1 saturated heterocycles. The number of fused-ring (bicyclic) bond motifs is 1. The van der Waals surface area contributed by atoms with E-state index >= 15 is 0 Å². The first-order valence-corrected chi connectivity index (χ1v) is 23.2. The van der Waals surface area contributed by atoms with E-state index < -0.39 is 60.0 Å². The van der Waals surface area contributed by atoms with E-state index in [1.165, 1.54) is 11.3 Å². The number of pyridine rings is 1. The molecular formula is C43H58N5O9PS. The number of likely N-dealkylation sites (tertiary alicyclic amines) is 1. The number of thiazole rings is 1. The molecule has 0 bridgehead atoms. The topological polar surface area (TPSA) is 200 Å². The Balaban J connectivity index is 1.31. The van der Waals surface area contributed by atoms with E-state index in [0.29, 0.717) is 33.8 Å². The molecule has 1 aromatic carbocycles. The van der Waals surface area contributed by atoms with Crippen LogP contribution in [0.25, 0.3) is 22.3 Å². The van der Waals surface area contributed by atoms with Crippen LogP contribution in [-0.2, 0) is 28.5 Å². The second-order valence-electron chi connectivity index (χ2n) is 17.8. The maximum atomic E-state index is 14.8. The summed E-state index contributed by atoms with van der Waals surface area (Å²) in [6, 6.07) is 6.86. The standard InChI is InChI=1S/C43H58N5O9PS/c1-8-26-20-43(26,58(53,54)23-38(44)50)21-28(49)15-27-16-31(22-48(27)40(52)33(42(4,5)6)18-39(51)57-29-11-9-10-12-29)56-37-19-35(36-24-59-41(47-36)45-25(2)3)46-34-17-30(55-7)13-14-32(34)37/h8,13-14,17,19,24-27,29,31,33H,1,9-12,15-16,18,20-23H2,2-7H3,(H2,44,50)(H,45,47)(H,53,54)/t26-,27?,31-,33-,43-/m1/s1. The van der Waals surface area contributed by atoms with Crippen molar-refractivity contribution < 1.29 is 42.8 Å². The second-order valence-corrected chi connectivity index (χ2v) is 21.2. The Bertz CT molecular complexity index is 2130. The second kappa shape index (κ2) is 17.7. The van der Waals surface area contributed by atoms with Gasteiger partial charge in [0.2, 0.25) is 19.2 Å². The molecule has 2 amide bonds. The number of benzene rings is 1. The number of methoxy groups -OCH3 is 1. The Hall–Kier alpha value is -4.33. The van der Waals surface area contributed by atoms with Crippen molar-refractivity contribution in [2.75, 3.05) is 25.1 Å². The number of hydrogen-bond donors (Lipinski definition) is 3. The number of nitrogens with two attached hydrogens (primary N) is 1. The lowest BCUT2D eigenvalue weighted by Gasteiger charge is -2.35. The summed E-state index contributed by atoms with van der Waals surface area (Å²) < 4.78 is 31.7. The van der Waals surface area contributed by atoms with Crippen LogP contribution < -0.4 is 20.5 Å². The molecule has 3 fully saturated rings. The molecule has 59 heavy (non-hydrogen) atoms. The molecule has 2 aromatic heterocycles. The van der Waals surface area contributed by atoms with Gasteiger partial charge in [-0.1, -0.05) is 26.8 Å². The number of Topliss-reactive ketones (excluding diaryl/α,β-unsaturated/α-hetero) is 1. The number of esters is 1. The highest BCUT2D eigenvalue weighted by atomic mass is 32.1. The molecule has 1 aliphatic heterocycles. The van der Waals surface area contributed by atoms with Crippen molar-refractivity contribution in [3.63, 3.8) is 0 Å². The first-order chi connectivity index (χ1) is 27.8. The van der Waals surface area contributed by atoms with Gasteiger partial charge in [0.05, 0.1) is 42.4 Å². The minimum atomic E-state index is -4.18. The third-order valence-electron chi connectivity index (χ3n) is 11.8. The zero-order valence-corrected chi connectivity index (χ0v) is 36.6. The van der Waals surface area contributed by atoms with Crippen LogP contribution in [0.3, 0.4) is 0 Å². The molecule has 6 rings (SSSR count). The summed E-state index contributed by atoms with van der Waals surface area (Å²) in [4.78, 5) is 76.3. The number of primary amides is 1. The lowest BCUT2D eigenvalue weighted by molar-refractivity contribution is -0.156. The number of hydrogen-bond acceptors (Lipinski definition) is 12. The predicted octanol–water partition coefficient (Wildman–Crippen LogP) is 7.12. The quantitative estimate of drug-likeness (QED) is 0.0666. The number of aromatic nitrogens is 2. The first kappa shape index (κ1) is 44.2. The van der Waals surface area contributed by atoms with Gasteiger partial charge in [0.15, 0.2) is 5.13 Å². The normalized spacial score (nSPS) is 23.5. The number of ketones is 1. The summed E-state index contributed by atoms with van der Waals surface area (Å²) in [7, 11) is -2.60. The van der Waals surface area contributed by atoms with Crippen LogP contribution in [0, 0.1) is 17.3 Å². The number of rotatable bonds is 18. The fourth-order valence-corrected chi connectivity index (χ4v) is 11.7. The fourth-order valence-electron chi connectivity index (χ4n) is 8.61. The van der Waals surface area contributed by atoms with E-state index in [9.17, 15) is 28.6 Å². The van der Waals surface area contributed by atoms with Crippen LogP contribution in [0.5, 0.6) is 11.5 Å². The molecule has 3 aliphatic rings. The number of ether oxygens (including phenoxy) is 3. The molecule has 0 radical (unpaired) electrons. The summed E-state index contributed by atoms with van der Waals surface area (Å²) in [6.45, 7) is 13.7. The zero-order valence-electron chi connectivity index (χ0n) is 34.9. The van der Waals surface area contributed by atoms with Gasteiger partial charge in [0.1, 0.15) is 41.3 Å². The van der Waals surface area contributed by atoms with E-state index in [1.807, 2.05) is 64.3 Å². The Morgan fingerprint density at radius 3 is 2.49 bits per heavy atom. The van der Waals surface area contributed by atoms with Crippen molar-refractivity contribution in [2.45, 2.75) is 122 Å². The Morgan fingerprint density at radius 1 is 1.14 bits per heavy atom. The summed E-state index contributed by atoms with van der Waals surface area (Å²) in [6.07, 6.45) is 3.67. The van der Waals surface area contributed by atoms with Gasteiger partial charge in [-0.3, -0.25) is 23.7 Å². The molecule has 14 nitrogen and oxygen atoms in total. The van der Waals surface area contributed by atoms with Gasteiger partial charge in [-0.25, -0.2) is 9.97 Å². The highest BCUT2D eigenvalue weighted by molar-refractivity contribution is 7.61. The number of allylic oxidation sites excluding steroid dienone is 1. The Labute approximate surface area is 350 Å². The van der Waals surface area contributed by atoms with Crippen LogP contribution in [-0.4, -0.2) is 92.6 Å². The lowest BCUT2D eigenvalue weighted by Crippen LogP contribution is -2.46. The third kappa shape index (κ3) is 10.2. The van der Waals surface area contributed by atoms with Crippen LogP contribution in [0.1, 0.15) is 92.4 Å². The van der Waals surface area contributed by atoms with Gasteiger partial charge in [0, 0.05) is 54.2 Å². The smallest absolute Gasteiger partial charge is 0.306 e. The van der Waals surface area contributed by atoms with E-state index in [4.69, 9.17) is 29.9 Å². The van der Waals surface area contributed by atoms with Gasteiger partial charge in [0.25, 0.3) is 0 Å². The SMILES string of the molecule is C=C[C@@H]1C[C@]1(CC(=O)CC1C[C@@H](Oc2cc(-c3csc(NC(C)C)n3)nc3cc(OC)ccc23)CN1C(=O)[C@@H](CC(=O)OC1CCCC1)C(C)(C)C)P(=O)(O)CC(N)=O. The zero-order chi connectivity index (χ0) is 42.9. The van der Waals surface area contributed by atoms with Gasteiger partial charge in [-0.05, 0) is 69.4 Å². The highest BCUT2D eigenvalue weighted by Crippen LogP contribution is 2.72. The predicted molar refractivity (Wildman–Crippen MR) is 228 cm³/mol. The minimum Gasteiger partial charge on any atom is -0.497 e. The van der Waals surface area contributed by atoms with Crippen molar-refractivity contribution in [2.24, 2.45) is 23.0 Å². The van der Waals surface area contributed by atoms with Crippen LogP contribution in [0.15, 0.2) is 42.3 Å².